The van der Waals surface area contributed by atoms with E-state index in [2.05, 4.69) is 5.16 Å². The minimum atomic E-state index is -1.07. The van der Waals surface area contributed by atoms with Crippen LogP contribution >= 0.6 is 0 Å². The van der Waals surface area contributed by atoms with Crippen molar-refractivity contribution in [2.24, 2.45) is 0 Å². The zero-order chi connectivity index (χ0) is 18.3. The summed E-state index contributed by atoms with van der Waals surface area (Å²) in [7, 11) is 1.43. The van der Waals surface area contributed by atoms with Gasteiger partial charge in [-0.25, -0.2) is 4.79 Å². The van der Waals surface area contributed by atoms with Crippen LogP contribution in [0.25, 0.3) is 22.4 Å². The van der Waals surface area contributed by atoms with Crippen LogP contribution in [0.1, 0.15) is 15.9 Å². The molecule has 26 heavy (non-hydrogen) atoms. The summed E-state index contributed by atoms with van der Waals surface area (Å²) in [4.78, 5) is 11.5. The van der Waals surface area contributed by atoms with Crippen LogP contribution in [0.5, 0.6) is 17.2 Å². The first-order valence-corrected chi connectivity index (χ1v) is 7.85. The molecule has 0 spiro atoms. The molecule has 0 radical (unpaired) electrons. The van der Waals surface area contributed by atoms with Gasteiger partial charge in [0.25, 0.3) is 0 Å². The van der Waals surface area contributed by atoms with Crippen molar-refractivity contribution in [1.29, 1.82) is 0 Å². The molecular formula is C19H15NO6. The smallest absolute Gasteiger partial charge is 0.339 e. The highest BCUT2D eigenvalue weighted by atomic mass is 16.7. The minimum Gasteiger partial charge on any atom is -0.496 e. The second-order valence-corrected chi connectivity index (χ2v) is 5.82. The van der Waals surface area contributed by atoms with Crippen LogP contribution in [0.2, 0.25) is 0 Å². The number of carbonyl (C=O) groups is 1. The van der Waals surface area contributed by atoms with E-state index in [9.17, 15) is 9.90 Å². The topological polar surface area (TPSA) is 91.0 Å². The highest BCUT2D eigenvalue weighted by molar-refractivity contribution is 5.93. The van der Waals surface area contributed by atoms with Gasteiger partial charge < -0.3 is 23.8 Å². The van der Waals surface area contributed by atoms with E-state index in [-0.39, 0.29) is 18.1 Å². The Hall–Kier alpha value is -3.48. The summed E-state index contributed by atoms with van der Waals surface area (Å²) < 4.78 is 21.2. The Labute approximate surface area is 148 Å². The molecule has 0 unspecified atom stereocenters. The van der Waals surface area contributed by atoms with E-state index in [0.29, 0.717) is 22.6 Å². The van der Waals surface area contributed by atoms with Crippen molar-refractivity contribution in [3.8, 4) is 39.6 Å². The van der Waals surface area contributed by atoms with Gasteiger partial charge in [0.1, 0.15) is 23.3 Å². The van der Waals surface area contributed by atoms with Crippen molar-refractivity contribution in [1.82, 2.24) is 5.16 Å². The first kappa shape index (κ1) is 16.0. The number of fused-ring (bicyclic) bond motifs is 1. The van der Waals surface area contributed by atoms with E-state index in [1.807, 2.05) is 19.1 Å². The fourth-order valence-electron chi connectivity index (χ4n) is 3.01. The normalized spacial score (nSPS) is 12.2. The Balaban J connectivity index is 1.83. The van der Waals surface area contributed by atoms with Crippen LogP contribution < -0.4 is 14.2 Å². The lowest BCUT2D eigenvalue weighted by molar-refractivity contribution is 0.0693. The molecular weight excluding hydrogens is 338 g/mol. The number of carboxylic acid groups (broad SMARTS) is 1. The Morgan fingerprint density at radius 1 is 1.19 bits per heavy atom. The SMILES string of the molecule is COc1ccc(-c2conc2-c2cc(C)c3c(c2)OCO3)cc1C(=O)O. The van der Waals surface area contributed by atoms with E-state index in [4.69, 9.17) is 18.7 Å². The third kappa shape index (κ3) is 2.54. The molecule has 0 bridgehead atoms. The van der Waals surface area contributed by atoms with Gasteiger partial charge in [0, 0.05) is 11.1 Å². The van der Waals surface area contributed by atoms with E-state index in [0.717, 1.165) is 16.9 Å². The summed E-state index contributed by atoms with van der Waals surface area (Å²) in [6.45, 7) is 2.11. The number of nitrogens with zero attached hydrogens (tertiary/aromatic N) is 1. The van der Waals surface area contributed by atoms with Crippen molar-refractivity contribution in [2.45, 2.75) is 6.92 Å². The number of aromatic nitrogens is 1. The largest absolute Gasteiger partial charge is 0.496 e. The molecule has 0 saturated carbocycles. The summed E-state index contributed by atoms with van der Waals surface area (Å²) >= 11 is 0. The third-order valence-corrected chi connectivity index (χ3v) is 4.24. The second-order valence-electron chi connectivity index (χ2n) is 5.82. The lowest BCUT2D eigenvalue weighted by Gasteiger charge is -2.08. The average Bonchev–Trinajstić information content (AvgIpc) is 3.30. The molecule has 0 amide bonds. The molecule has 132 valence electrons. The van der Waals surface area contributed by atoms with Gasteiger partial charge in [-0.15, -0.1) is 0 Å². The Morgan fingerprint density at radius 3 is 2.81 bits per heavy atom. The number of rotatable bonds is 4. The molecule has 1 aromatic heterocycles. The number of ether oxygens (including phenoxy) is 3. The number of methoxy groups -OCH3 is 1. The molecule has 0 saturated heterocycles. The number of benzene rings is 2. The first-order valence-electron chi connectivity index (χ1n) is 7.85. The number of hydrogen-bond donors (Lipinski definition) is 1. The van der Waals surface area contributed by atoms with Crippen LogP contribution in [-0.2, 0) is 0 Å². The Morgan fingerprint density at radius 2 is 2.04 bits per heavy atom. The van der Waals surface area contributed by atoms with E-state index in [1.165, 1.54) is 19.4 Å². The van der Waals surface area contributed by atoms with Gasteiger partial charge in [-0.2, -0.15) is 0 Å². The van der Waals surface area contributed by atoms with Crippen LogP contribution in [0.4, 0.5) is 0 Å². The van der Waals surface area contributed by atoms with Gasteiger partial charge >= 0.3 is 5.97 Å². The Kier molecular flexibility index (Phi) is 3.76. The number of hydrogen-bond acceptors (Lipinski definition) is 6. The molecule has 4 rings (SSSR count). The lowest BCUT2D eigenvalue weighted by Crippen LogP contribution is -2.00. The summed E-state index contributed by atoms with van der Waals surface area (Å²) in [5.74, 6) is 0.588. The number of carboxylic acids is 1. The summed E-state index contributed by atoms with van der Waals surface area (Å²) in [6, 6.07) is 8.67. The molecule has 2 heterocycles. The maximum absolute atomic E-state index is 11.5. The quantitative estimate of drug-likeness (QED) is 0.764. The van der Waals surface area contributed by atoms with Gasteiger partial charge in [-0.05, 0) is 42.3 Å². The van der Waals surface area contributed by atoms with Crippen molar-refractivity contribution in [3.63, 3.8) is 0 Å². The molecule has 0 aliphatic carbocycles. The maximum Gasteiger partial charge on any atom is 0.339 e. The highest BCUT2D eigenvalue weighted by Gasteiger charge is 2.21. The molecule has 7 nitrogen and oxygen atoms in total. The second kappa shape index (κ2) is 6.11. The van der Waals surface area contributed by atoms with Crippen molar-refractivity contribution >= 4 is 5.97 Å². The van der Waals surface area contributed by atoms with Crippen LogP contribution in [0.15, 0.2) is 41.1 Å². The molecule has 0 atom stereocenters. The van der Waals surface area contributed by atoms with Crippen LogP contribution in [0, 0.1) is 6.92 Å². The zero-order valence-electron chi connectivity index (χ0n) is 14.1. The standard InChI is InChI=1S/C19H15NO6/c1-10-5-12(7-16-18(10)25-9-24-16)17-14(8-26-20-17)11-3-4-15(23-2)13(6-11)19(21)22/h3-8H,9H2,1-2H3,(H,21,22). The fraction of sp³-hybridized carbons (Fsp3) is 0.158. The van der Waals surface area contributed by atoms with E-state index in [1.54, 1.807) is 12.1 Å². The molecule has 1 aliphatic rings. The molecule has 7 heteroatoms. The number of aryl methyl sites for hydroxylation is 1. The molecule has 1 N–H and O–H groups in total. The van der Waals surface area contributed by atoms with Gasteiger partial charge in [-0.3, -0.25) is 0 Å². The average molecular weight is 353 g/mol. The third-order valence-electron chi connectivity index (χ3n) is 4.24. The molecule has 2 aromatic carbocycles. The predicted octanol–water partition coefficient (Wildman–Crippen LogP) is 3.75. The van der Waals surface area contributed by atoms with Gasteiger partial charge in [0.15, 0.2) is 11.5 Å². The molecule has 1 aliphatic heterocycles. The van der Waals surface area contributed by atoms with E-state index >= 15 is 0 Å². The summed E-state index contributed by atoms with van der Waals surface area (Å²) in [5, 5.41) is 13.5. The van der Waals surface area contributed by atoms with E-state index < -0.39 is 5.97 Å². The zero-order valence-corrected chi connectivity index (χ0v) is 14.1. The van der Waals surface area contributed by atoms with Crippen molar-refractivity contribution in [3.05, 3.63) is 47.7 Å². The lowest BCUT2D eigenvalue weighted by atomic mass is 9.98. The Bertz CT molecular complexity index is 1010. The monoisotopic (exact) mass is 353 g/mol. The molecule has 3 aromatic rings. The highest BCUT2D eigenvalue weighted by Crippen LogP contribution is 2.41. The molecule has 0 fully saturated rings. The van der Waals surface area contributed by atoms with Crippen LogP contribution in [0.3, 0.4) is 0 Å². The number of aromatic carboxylic acids is 1. The van der Waals surface area contributed by atoms with Crippen molar-refractivity contribution in [2.75, 3.05) is 13.9 Å². The first-order chi connectivity index (χ1) is 12.6. The summed E-state index contributed by atoms with van der Waals surface area (Å²) in [6.07, 6.45) is 1.49. The fourth-order valence-corrected chi connectivity index (χ4v) is 3.01. The van der Waals surface area contributed by atoms with Gasteiger partial charge in [0.2, 0.25) is 6.79 Å². The summed E-state index contributed by atoms with van der Waals surface area (Å²) in [5.41, 5.74) is 3.71. The van der Waals surface area contributed by atoms with Gasteiger partial charge in [0.05, 0.1) is 7.11 Å². The maximum atomic E-state index is 11.5. The van der Waals surface area contributed by atoms with Crippen LogP contribution in [-0.4, -0.2) is 30.1 Å². The van der Waals surface area contributed by atoms with Gasteiger partial charge in [-0.1, -0.05) is 11.2 Å². The predicted molar refractivity (Wildman–Crippen MR) is 91.7 cm³/mol. The van der Waals surface area contributed by atoms with Crippen molar-refractivity contribution < 1.29 is 28.6 Å². The minimum absolute atomic E-state index is 0.0685.